The lowest BCUT2D eigenvalue weighted by Crippen LogP contribution is -2.36. The van der Waals surface area contributed by atoms with Crippen molar-refractivity contribution in [1.29, 1.82) is 0 Å². The number of hydrogen-bond acceptors (Lipinski definition) is 1. The van der Waals surface area contributed by atoms with E-state index in [1.807, 2.05) is 13.8 Å². The van der Waals surface area contributed by atoms with Crippen LogP contribution in [0.5, 0.6) is 0 Å². The molecule has 1 nitrogen and oxygen atoms in total. The quantitative estimate of drug-likeness (QED) is 0.649. The summed E-state index contributed by atoms with van der Waals surface area (Å²) in [6.07, 6.45) is 1.59. The van der Waals surface area contributed by atoms with E-state index in [1.165, 1.54) is 0 Å². The molecule has 0 unspecified atom stereocenters. The van der Waals surface area contributed by atoms with Crippen LogP contribution in [0.3, 0.4) is 0 Å². The molecule has 0 aromatic carbocycles. The number of hydrogen-bond donors (Lipinski definition) is 1. The van der Waals surface area contributed by atoms with Crippen molar-refractivity contribution in [1.82, 2.24) is 5.32 Å². The molecule has 11 heavy (non-hydrogen) atoms. The highest BCUT2D eigenvalue weighted by molar-refractivity contribution is 4.77. The molecule has 1 N–H and O–H groups in total. The largest absolute Gasteiger partial charge is 0.316 e. The van der Waals surface area contributed by atoms with Gasteiger partial charge in [0.15, 0.2) is 0 Å². The Morgan fingerprint density at radius 3 is 2.64 bits per heavy atom. The number of nitrogens with one attached hydrogen (secondary N) is 1. The highest BCUT2D eigenvalue weighted by atomic mass is 19.1. The summed E-state index contributed by atoms with van der Waals surface area (Å²) in [5.74, 6) is 0.448. The Hall–Kier alpha value is -0.110. The van der Waals surface area contributed by atoms with Gasteiger partial charge in [-0.3, -0.25) is 0 Å². The Balaban J connectivity index is 2.32. The van der Waals surface area contributed by atoms with Crippen LogP contribution in [0.4, 0.5) is 4.39 Å². The van der Waals surface area contributed by atoms with Crippen LogP contribution in [-0.2, 0) is 0 Å². The van der Waals surface area contributed by atoms with E-state index in [1.54, 1.807) is 0 Å². The molecular weight excluding hydrogens is 141 g/mol. The van der Waals surface area contributed by atoms with Crippen molar-refractivity contribution >= 4 is 0 Å². The summed E-state index contributed by atoms with van der Waals surface area (Å²) in [5.41, 5.74) is 0. The van der Waals surface area contributed by atoms with E-state index in [-0.39, 0.29) is 11.8 Å². The predicted octanol–water partition coefficient (Wildman–Crippen LogP) is 1.98. The first-order valence-electron chi connectivity index (χ1n) is 4.56. The number of piperidine rings is 1. The van der Waals surface area contributed by atoms with Gasteiger partial charge in [0.1, 0.15) is 6.17 Å². The first kappa shape index (κ1) is 8.98. The Labute approximate surface area is 68.4 Å². The van der Waals surface area contributed by atoms with Gasteiger partial charge >= 0.3 is 0 Å². The molecule has 1 saturated heterocycles. The maximum atomic E-state index is 13.4. The molecule has 0 amide bonds. The van der Waals surface area contributed by atoms with Gasteiger partial charge in [-0.2, -0.15) is 0 Å². The van der Waals surface area contributed by atoms with Crippen molar-refractivity contribution in [3.05, 3.63) is 0 Å². The van der Waals surface area contributed by atoms with Gasteiger partial charge in [-0.1, -0.05) is 13.8 Å². The molecule has 0 spiro atoms. The normalized spacial score (nSPS) is 28.9. The molecule has 1 heterocycles. The molecule has 2 heteroatoms. The molecule has 1 rings (SSSR count). The minimum absolute atomic E-state index is 0.180. The number of alkyl halides is 1. The van der Waals surface area contributed by atoms with Crippen LogP contribution in [0, 0.1) is 11.8 Å². The van der Waals surface area contributed by atoms with E-state index in [0.717, 1.165) is 25.9 Å². The van der Waals surface area contributed by atoms with Crippen LogP contribution in [0.1, 0.15) is 26.7 Å². The van der Waals surface area contributed by atoms with Crippen LogP contribution in [-0.4, -0.2) is 19.3 Å². The van der Waals surface area contributed by atoms with Crippen LogP contribution < -0.4 is 5.32 Å². The molecular formula is C9H18FN. The van der Waals surface area contributed by atoms with Gasteiger partial charge in [0, 0.05) is 12.5 Å². The van der Waals surface area contributed by atoms with Crippen LogP contribution in [0.2, 0.25) is 0 Å². The summed E-state index contributed by atoms with van der Waals surface area (Å²) in [5, 5.41) is 3.23. The van der Waals surface area contributed by atoms with Gasteiger partial charge < -0.3 is 5.32 Å². The smallest absolute Gasteiger partial charge is 0.106 e. The van der Waals surface area contributed by atoms with Gasteiger partial charge in [-0.05, 0) is 25.3 Å². The second-order valence-electron chi connectivity index (χ2n) is 3.79. The minimum Gasteiger partial charge on any atom is -0.316 e. The van der Waals surface area contributed by atoms with Crippen molar-refractivity contribution in [3.63, 3.8) is 0 Å². The molecule has 0 aliphatic carbocycles. The Morgan fingerprint density at radius 1 is 1.45 bits per heavy atom. The van der Waals surface area contributed by atoms with Crippen LogP contribution in [0.25, 0.3) is 0 Å². The zero-order chi connectivity index (χ0) is 8.27. The van der Waals surface area contributed by atoms with Gasteiger partial charge in [0.05, 0.1) is 0 Å². The maximum absolute atomic E-state index is 13.4. The molecule has 0 radical (unpaired) electrons. The van der Waals surface area contributed by atoms with Gasteiger partial charge in [0.2, 0.25) is 0 Å². The van der Waals surface area contributed by atoms with Crippen molar-refractivity contribution in [2.75, 3.05) is 13.1 Å². The van der Waals surface area contributed by atoms with Crippen LogP contribution in [0.15, 0.2) is 0 Å². The van der Waals surface area contributed by atoms with Gasteiger partial charge in [-0.25, -0.2) is 4.39 Å². The summed E-state index contributed by atoms with van der Waals surface area (Å²) < 4.78 is 13.4. The third-order valence-electron chi connectivity index (χ3n) is 2.42. The molecule has 1 aliphatic heterocycles. The Bertz CT molecular complexity index is 108. The summed E-state index contributed by atoms with van der Waals surface area (Å²) >= 11 is 0. The van der Waals surface area contributed by atoms with Crippen molar-refractivity contribution in [2.45, 2.75) is 32.9 Å². The molecule has 0 aromatic heterocycles. The zero-order valence-electron chi connectivity index (χ0n) is 7.44. The van der Waals surface area contributed by atoms with Gasteiger partial charge in [0.25, 0.3) is 0 Å². The fourth-order valence-corrected chi connectivity index (χ4v) is 1.69. The predicted molar refractivity (Wildman–Crippen MR) is 45.3 cm³/mol. The van der Waals surface area contributed by atoms with E-state index < -0.39 is 6.17 Å². The second kappa shape index (κ2) is 4.05. The Kier molecular flexibility index (Phi) is 3.31. The third-order valence-corrected chi connectivity index (χ3v) is 2.42. The summed E-state index contributed by atoms with van der Waals surface area (Å²) in [6.45, 7) is 5.86. The maximum Gasteiger partial charge on any atom is 0.106 e. The first-order chi connectivity index (χ1) is 5.22. The van der Waals surface area contributed by atoms with Crippen molar-refractivity contribution < 1.29 is 4.39 Å². The molecule has 66 valence electrons. The minimum atomic E-state index is -0.609. The standard InChI is InChI=1S/C9H18FN/c1-7(2)9(10)8-4-3-5-11-6-8/h7-9,11H,3-6H2,1-2H3/t8-,9+/m1/s1. The average molecular weight is 159 g/mol. The van der Waals surface area contributed by atoms with Crippen molar-refractivity contribution in [2.24, 2.45) is 11.8 Å². The highest BCUT2D eigenvalue weighted by Crippen LogP contribution is 2.22. The van der Waals surface area contributed by atoms with E-state index in [4.69, 9.17) is 0 Å². The van der Waals surface area contributed by atoms with E-state index >= 15 is 0 Å². The zero-order valence-corrected chi connectivity index (χ0v) is 7.44. The second-order valence-corrected chi connectivity index (χ2v) is 3.79. The number of halogens is 1. The van der Waals surface area contributed by atoms with Crippen LogP contribution >= 0.6 is 0 Å². The SMILES string of the molecule is CC(C)[C@H](F)[C@@H]1CCCNC1. The Morgan fingerprint density at radius 2 is 2.18 bits per heavy atom. The summed E-state index contributed by atoms with van der Waals surface area (Å²) in [4.78, 5) is 0. The van der Waals surface area contributed by atoms with Crippen molar-refractivity contribution in [3.8, 4) is 0 Å². The lowest BCUT2D eigenvalue weighted by atomic mass is 9.89. The molecule has 1 aliphatic rings. The third kappa shape index (κ3) is 2.44. The molecule has 2 atom stereocenters. The molecule has 0 bridgehead atoms. The van der Waals surface area contributed by atoms with Gasteiger partial charge in [-0.15, -0.1) is 0 Å². The fraction of sp³-hybridized carbons (Fsp3) is 1.00. The first-order valence-corrected chi connectivity index (χ1v) is 4.56. The molecule has 0 aromatic rings. The lowest BCUT2D eigenvalue weighted by Gasteiger charge is -2.27. The average Bonchev–Trinajstić information content (AvgIpc) is 2.05. The van der Waals surface area contributed by atoms with E-state index in [9.17, 15) is 4.39 Å². The van der Waals surface area contributed by atoms with E-state index in [2.05, 4.69) is 5.32 Å². The highest BCUT2D eigenvalue weighted by Gasteiger charge is 2.25. The lowest BCUT2D eigenvalue weighted by molar-refractivity contribution is 0.144. The summed E-state index contributed by atoms with van der Waals surface area (Å²) in [7, 11) is 0. The van der Waals surface area contributed by atoms with E-state index in [0.29, 0.717) is 0 Å². The molecule has 0 saturated carbocycles. The topological polar surface area (TPSA) is 12.0 Å². The fourth-order valence-electron chi connectivity index (χ4n) is 1.69. The monoisotopic (exact) mass is 159 g/mol. The summed E-state index contributed by atoms with van der Waals surface area (Å²) in [6, 6.07) is 0. The molecule has 1 fully saturated rings. The number of rotatable bonds is 2.